The molecule has 0 saturated heterocycles. The van der Waals surface area contributed by atoms with Crippen LogP contribution in [0.3, 0.4) is 0 Å². The summed E-state index contributed by atoms with van der Waals surface area (Å²) >= 11 is 0. The maximum Gasteiger partial charge on any atom is 0.237 e. The Balaban J connectivity index is 2.81. The summed E-state index contributed by atoms with van der Waals surface area (Å²) in [5, 5.41) is 3.15. The van der Waals surface area contributed by atoms with Gasteiger partial charge < -0.3 is 15.8 Å². The lowest BCUT2D eigenvalue weighted by atomic mass is 9.93. The Kier molecular flexibility index (Phi) is 5.72. The number of nitrogens with one attached hydrogen (secondary N) is 1. The van der Waals surface area contributed by atoms with Crippen molar-refractivity contribution in [1.82, 2.24) is 5.32 Å². The molecule has 0 spiro atoms. The molecular weight excluding hydrogens is 271 g/mol. The van der Waals surface area contributed by atoms with Crippen molar-refractivity contribution in [3.63, 3.8) is 0 Å². The average molecular weight is 296 g/mol. The van der Waals surface area contributed by atoms with Crippen LogP contribution in [0.1, 0.15) is 39.7 Å². The molecule has 4 nitrogen and oxygen atoms in total. The number of halogens is 1. The van der Waals surface area contributed by atoms with Crippen molar-refractivity contribution >= 4 is 5.91 Å². The topological polar surface area (TPSA) is 64.3 Å². The summed E-state index contributed by atoms with van der Waals surface area (Å²) in [5.74, 6) is -0.628. The predicted octanol–water partition coefficient (Wildman–Crippen LogP) is 2.53. The van der Waals surface area contributed by atoms with Crippen LogP contribution in [0, 0.1) is 12.7 Å². The highest BCUT2D eigenvalue weighted by atomic mass is 19.1. The summed E-state index contributed by atoms with van der Waals surface area (Å²) in [6.07, 6.45) is -0.00138. The van der Waals surface area contributed by atoms with Crippen molar-refractivity contribution in [3.8, 4) is 5.75 Å². The fourth-order valence-corrected chi connectivity index (χ4v) is 2.41. The number of hydrogen-bond acceptors (Lipinski definition) is 3. The van der Waals surface area contributed by atoms with Crippen molar-refractivity contribution in [2.75, 3.05) is 0 Å². The van der Waals surface area contributed by atoms with E-state index in [1.807, 2.05) is 13.8 Å². The van der Waals surface area contributed by atoms with E-state index in [0.29, 0.717) is 12.0 Å². The highest BCUT2D eigenvalue weighted by molar-refractivity contribution is 5.84. The lowest BCUT2D eigenvalue weighted by Crippen LogP contribution is -2.57. The summed E-state index contributed by atoms with van der Waals surface area (Å²) in [6.45, 7) is 9.09. The standard InChI is InChI=1S/C16H25FN2O2/c1-10(2)19-16(5,15(18)20)9-12(4)21-13-8-6-7-11(3)14(13)17/h6-8,10,12,19H,9H2,1-5H3,(H2,18,20). The van der Waals surface area contributed by atoms with Gasteiger partial charge in [-0.15, -0.1) is 0 Å². The highest BCUT2D eigenvalue weighted by Gasteiger charge is 2.34. The van der Waals surface area contributed by atoms with Crippen LogP contribution in [0.25, 0.3) is 0 Å². The largest absolute Gasteiger partial charge is 0.488 e. The van der Waals surface area contributed by atoms with Gasteiger partial charge >= 0.3 is 0 Å². The van der Waals surface area contributed by atoms with E-state index in [0.717, 1.165) is 0 Å². The van der Waals surface area contributed by atoms with Crippen LogP contribution >= 0.6 is 0 Å². The van der Waals surface area contributed by atoms with Gasteiger partial charge in [-0.1, -0.05) is 12.1 Å². The van der Waals surface area contributed by atoms with Crippen molar-refractivity contribution in [3.05, 3.63) is 29.6 Å². The quantitative estimate of drug-likeness (QED) is 0.812. The van der Waals surface area contributed by atoms with E-state index in [-0.39, 0.29) is 23.7 Å². The molecule has 5 heteroatoms. The van der Waals surface area contributed by atoms with Crippen molar-refractivity contribution in [1.29, 1.82) is 0 Å². The molecule has 0 aliphatic carbocycles. The number of hydrogen-bond donors (Lipinski definition) is 2. The van der Waals surface area contributed by atoms with Gasteiger partial charge in [0, 0.05) is 12.5 Å². The molecule has 0 saturated carbocycles. The van der Waals surface area contributed by atoms with Gasteiger partial charge in [0.1, 0.15) is 0 Å². The number of ether oxygens (including phenoxy) is 1. The Morgan fingerprint density at radius 1 is 1.43 bits per heavy atom. The number of amides is 1. The van der Waals surface area contributed by atoms with E-state index in [2.05, 4.69) is 5.32 Å². The molecule has 3 N–H and O–H groups in total. The summed E-state index contributed by atoms with van der Waals surface area (Å²) in [5.41, 5.74) is 5.11. The van der Waals surface area contributed by atoms with Crippen LogP contribution in [-0.4, -0.2) is 23.6 Å². The molecule has 0 radical (unpaired) electrons. The average Bonchev–Trinajstić information content (AvgIpc) is 2.33. The van der Waals surface area contributed by atoms with E-state index < -0.39 is 11.4 Å². The van der Waals surface area contributed by atoms with Crippen LogP contribution < -0.4 is 15.8 Å². The van der Waals surface area contributed by atoms with E-state index in [4.69, 9.17) is 10.5 Å². The van der Waals surface area contributed by atoms with Gasteiger partial charge in [-0.3, -0.25) is 4.79 Å². The molecule has 2 atom stereocenters. The molecule has 21 heavy (non-hydrogen) atoms. The van der Waals surface area contributed by atoms with Crippen LogP contribution in [0.2, 0.25) is 0 Å². The SMILES string of the molecule is Cc1cccc(OC(C)CC(C)(NC(C)C)C(N)=O)c1F. The minimum Gasteiger partial charge on any atom is -0.488 e. The molecule has 1 amide bonds. The molecule has 0 aromatic heterocycles. The Morgan fingerprint density at radius 2 is 2.05 bits per heavy atom. The predicted molar refractivity (Wildman–Crippen MR) is 81.7 cm³/mol. The van der Waals surface area contributed by atoms with Gasteiger partial charge in [0.05, 0.1) is 11.6 Å². The number of rotatable bonds is 7. The molecule has 118 valence electrons. The number of benzene rings is 1. The van der Waals surface area contributed by atoms with E-state index >= 15 is 0 Å². The van der Waals surface area contributed by atoms with Gasteiger partial charge in [-0.25, -0.2) is 4.39 Å². The zero-order chi connectivity index (χ0) is 16.2. The molecule has 0 bridgehead atoms. The summed E-state index contributed by atoms with van der Waals surface area (Å²) in [7, 11) is 0. The second-order valence-electron chi connectivity index (χ2n) is 6.02. The zero-order valence-electron chi connectivity index (χ0n) is 13.4. The highest BCUT2D eigenvalue weighted by Crippen LogP contribution is 2.23. The van der Waals surface area contributed by atoms with Crippen molar-refractivity contribution in [2.24, 2.45) is 5.73 Å². The third-order valence-corrected chi connectivity index (χ3v) is 3.33. The fourth-order valence-electron chi connectivity index (χ4n) is 2.41. The monoisotopic (exact) mass is 296 g/mol. The Labute approximate surface area is 125 Å². The second kappa shape index (κ2) is 6.89. The first-order valence-corrected chi connectivity index (χ1v) is 7.15. The molecule has 0 fully saturated rings. The van der Waals surface area contributed by atoms with Gasteiger partial charge in [0.2, 0.25) is 5.91 Å². The van der Waals surface area contributed by atoms with Gasteiger partial charge in [0.15, 0.2) is 11.6 Å². The number of carbonyl (C=O) groups excluding carboxylic acids is 1. The van der Waals surface area contributed by atoms with Gasteiger partial charge in [0.25, 0.3) is 0 Å². The molecule has 1 aromatic carbocycles. The maximum absolute atomic E-state index is 13.9. The van der Waals surface area contributed by atoms with Gasteiger partial charge in [-0.05, 0) is 46.2 Å². The minimum atomic E-state index is -0.895. The second-order valence-corrected chi connectivity index (χ2v) is 6.02. The van der Waals surface area contributed by atoms with E-state index in [1.54, 1.807) is 39.0 Å². The lowest BCUT2D eigenvalue weighted by Gasteiger charge is -2.32. The molecule has 0 aliphatic rings. The van der Waals surface area contributed by atoms with Crippen LogP contribution in [-0.2, 0) is 4.79 Å². The maximum atomic E-state index is 13.9. The van der Waals surface area contributed by atoms with Gasteiger partial charge in [-0.2, -0.15) is 0 Å². The van der Waals surface area contributed by atoms with Crippen LogP contribution in [0.5, 0.6) is 5.75 Å². The summed E-state index contributed by atoms with van der Waals surface area (Å²) in [6, 6.07) is 5.10. The molecule has 2 unspecified atom stereocenters. The van der Waals surface area contributed by atoms with Crippen molar-refractivity contribution in [2.45, 2.75) is 58.7 Å². The lowest BCUT2D eigenvalue weighted by molar-refractivity contribution is -0.125. The number of carbonyl (C=O) groups is 1. The third-order valence-electron chi connectivity index (χ3n) is 3.33. The Hall–Kier alpha value is -1.62. The Morgan fingerprint density at radius 3 is 2.57 bits per heavy atom. The molecule has 1 rings (SSSR count). The fraction of sp³-hybridized carbons (Fsp3) is 0.562. The zero-order valence-corrected chi connectivity index (χ0v) is 13.4. The molecular formula is C16H25FN2O2. The van der Waals surface area contributed by atoms with Crippen LogP contribution in [0.4, 0.5) is 4.39 Å². The normalized spacial score (nSPS) is 15.6. The van der Waals surface area contributed by atoms with Crippen molar-refractivity contribution < 1.29 is 13.9 Å². The first kappa shape index (κ1) is 17.4. The number of aryl methyl sites for hydroxylation is 1. The van der Waals surface area contributed by atoms with E-state index in [9.17, 15) is 9.18 Å². The smallest absolute Gasteiger partial charge is 0.237 e. The summed E-state index contributed by atoms with van der Waals surface area (Å²) in [4.78, 5) is 11.7. The molecule has 1 aromatic rings. The molecule has 0 aliphatic heterocycles. The molecule has 0 heterocycles. The van der Waals surface area contributed by atoms with E-state index in [1.165, 1.54) is 0 Å². The first-order chi connectivity index (χ1) is 9.65. The number of primary amides is 1. The summed E-state index contributed by atoms with van der Waals surface area (Å²) < 4.78 is 19.6. The van der Waals surface area contributed by atoms with Crippen LogP contribution in [0.15, 0.2) is 18.2 Å². The minimum absolute atomic E-state index is 0.102. The Bertz CT molecular complexity index is 505. The number of nitrogens with two attached hydrogens (primary N) is 1. The third kappa shape index (κ3) is 4.70. The first-order valence-electron chi connectivity index (χ1n) is 7.15.